The predicted octanol–water partition coefficient (Wildman–Crippen LogP) is 5.95. The van der Waals surface area contributed by atoms with Crippen LogP contribution in [0.25, 0.3) is 0 Å². The number of rotatable bonds is 10. The fraction of sp³-hybridized carbons (Fsp3) is 0.731. The van der Waals surface area contributed by atoms with Gasteiger partial charge in [-0.1, -0.05) is 25.5 Å². The van der Waals surface area contributed by atoms with Gasteiger partial charge in [0.2, 0.25) is 0 Å². The summed E-state index contributed by atoms with van der Waals surface area (Å²) in [5, 5.41) is 0. The lowest BCUT2D eigenvalue weighted by Crippen LogP contribution is -2.33. The molecule has 1 aromatic carbocycles. The summed E-state index contributed by atoms with van der Waals surface area (Å²) in [6.45, 7) is 8.06. The normalized spacial score (nSPS) is 23.3. The highest BCUT2D eigenvalue weighted by Crippen LogP contribution is 2.32. The van der Waals surface area contributed by atoms with E-state index in [1.165, 1.54) is 50.5 Å². The first kappa shape index (κ1) is 23.1. The Bertz CT molecular complexity index is 614. The first-order chi connectivity index (χ1) is 14.7. The lowest BCUT2D eigenvalue weighted by molar-refractivity contribution is -0.143. The second kappa shape index (κ2) is 12.3. The van der Waals surface area contributed by atoms with E-state index >= 15 is 0 Å². The zero-order chi connectivity index (χ0) is 21.2. The number of ether oxygens (including phenoxy) is 2. The van der Waals surface area contributed by atoms with Crippen molar-refractivity contribution in [3.05, 3.63) is 29.8 Å². The molecule has 0 radical (unpaired) electrons. The van der Waals surface area contributed by atoms with Gasteiger partial charge in [0.05, 0.1) is 12.7 Å². The third-order valence-electron chi connectivity index (χ3n) is 7.02. The minimum absolute atomic E-state index is 0.0581. The molecule has 1 aliphatic heterocycles. The van der Waals surface area contributed by atoms with E-state index in [1.54, 1.807) is 0 Å². The molecule has 1 aliphatic carbocycles. The molecule has 0 unspecified atom stereocenters. The summed E-state index contributed by atoms with van der Waals surface area (Å²) in [5.41, 5.74) is 1.46. The average molecular weight is 416 g/mol. The molecule has 0 spiro atoms. The van der Waals surface area contributed by atoms with Gasteiger partial charge in [-0.05, 0) is 107 Å². The van der Waals surface area contributed by atoms with Crippen LogP contribution >= 0.6 is 0 Å². The molecule has 2 aliphatic rings. The smallest absolute Gasteiger partial charge is 0.305 e. The lowest BCUT2D eigenvalue weighted by Gasteiger charge is -2.32. The maximum atomic E-state index is 11.4. The number of unbranched alkanes of at least 4 members (excludes halogenated alkanes) is 1. The number of esters is 1. The maximum Gasteiger partial charge on any atom is 0.305 e. The van der Waals surface area contributed by atoms with Crippen molar-refractivity contribution in [3.63, 3.8) is 0 Å². The van der Waals surface area contributed by atoms with Crippen LogP contribution < -0.4 is 4.74 Å². The summed E-state index contributed by atoms with van der Waals surface area (Å²) >= 11 is 0. The van der Waals surface area contributed by atoms with Crippen LogP contribution in [0, 0.1) is 5.92 Å². The van der Waals surface area contributed by atoms with Gasteiger partial charge in [-0.2, -0.15) is 0 Å². The standard InChI is InChI=1S/C26H41NO3/c1-3-21-8-12-24(13-9-21)30-25-14-10-22(11-15-25)23-16-19-27(20-17-23)18-6-5-7-26(28)29-4-2/h10-11,14-15,21,23-24H,3-9,12-13,16-20H2,1-2H3/t21-,24+. The van der Waals surface area contributed by atoms with Crippen LogP contribution in [0.3, 0.4) is 0 Å². The fourth-order valence-electron chi connectivity index (χ4n) is 5.00. The highest BCUT2D eigenvalue weighted by molar-refractivity contribution is 5.69. The van der Waals surface area contributed by atoms with Crippen molar-refractivity contribution in [1.82, 2.24) is 4.90 Å². The van der Waals surface area contributed by atoms with E-state index in [1.807, 2.05) is 6.92 Å². The van der Waals surface area contributed by atoms with E-state index in [9.17, 15) is 4.79 Å². The largest absolute Gasteiger partial charge is 0.490 e. The monoisotopic (exact) mass is 415 g/mol. The van der Waals surface area contributed by atoms with Gasteiger partial charge in [0.1, 0.15) is 5.75 Å². The topological polar surface area (TPSA) is 38.8 Å². The molecular formula is C26H41NO3. The Morgan fingerprint density at radius 2 is 1.67 bits per heavy atom. The van der Waals surface area contributed by atoms with Crippen LogP contribution in [0.15, 0.2) is 24.3 Å². The van der Waals surface area contributed by atoms with Gasteiger partial charge in [-0.3, -0.25) is 4.79 Å². The average Bonchev–Trinajstić information content (AvgIpc) is 2.78. The Morgan fingerprint density at radius 3 is 2.30 bits per heavy atom. The van der Waals surface area contributed by atoms with Crippen molar-refractivity contribution in [1.29, 1.82) is 0 Å². The molecule has 0 N–H and O–H groups in total. The molecule has 0 aromatic heterocycles. The first-order valence-corrected chi connectivity index (χ1v) is 12.3. The van der Waals surface area contributed by atoms with Crippen molar-refractivity contribution >= 4 is 5.97 Å². The third kappa shape index (κ3) is 7.30. The van der Waals surface area contributed by atoms with Crippen LogP contribution in [0.5, 0.6) is 5.75 Å². The van der Waals surface area contributed by atoms with Gasteiger partial charge >= 0.3 is 5.97 Å². The first-order valence-electron chi connectivity index (χ1n) is 12.3. The van der Waals surface area contributed by atoms with Gasteiger partial charge in [0.15, 0.2) is 0 Å². The summed E-state index contributed by atoms with van der Waals surface area (Å²) in [6.07, 6.45) is 11.8. The molecule has 2 fully saturated rings. The van der Waals surface area contributed by atoms with E-state index in [4.69, 9.17) is 9.47 Å². The molecule has 30 heavy (non-hydrogen) atoms. The highest BCUT2D eigenvalue weighted by atomic mass is 16.5. The van der Waals surface area contributed by atoms with Crippen LogP contribution in [0.2, 0.25) is 0 Å². The molecule has 1 aromatic rings. The number of benzene rings is 1. The Balaban J connectivity index is 1.34. The minimum Gasteiger partial charge on any atom is -0.490 e. The molecular weight excluding hydrogens is 374 g/mol. The van der Waals surface area contributed by atoms with Gasteiger partial charge in [0, 0.05) is 6.42 Å². The molecule has 0 amide bonds. The lowest BCUT2D eigenvalue weighted by atomic mass is 9.86. The second-order valence-electron chi connectivity index (χ2n) is 9.12. The fourth-order valence-corrected chi connectivity index (χ4v) is 5.00. The van der Waals surface area contributed by atoms with Crippen LogP contribution in [-0.4, -0.2) is 43.2 Å². The Kier molecular flexibility index (Phi) is 9.51. The van der Waals surface area contributed by atoms with Crippen LogP contribution in [0.1, 0.15) is 89.5 Å². The molecule has 1 heterocycles. The maximum absolute atomic E-state index is 11.4. The molecule has 1 saturated carbocycles. The van der Waals surface area contributed by atoms with Crippen LogP contribution in [-0.2, 0) is 9.53 Å². The molecule has 4 heteroatoms. The van der Waals surface area contributed by atoms with Crippen LogP contribution in [0.4, 0.5) is 0 Å². The summed E-state index contributed by atoms with van der Waals surface area (Å²) < 4.78 is 11.2. The number of nitrogens with zero attached hydrogens (tertiary/aromatic N) is 1. The summed E-state index contributed by atoms with van der Waals surface area (Å²) in [5.74, 6) is 2.56. The minimum atomic E-state index is -0.0581. The SMILES string of the molecule is CCOC(=O)CCCCN1CCC(c2ccc(O[C@H]3CC[C@@H](CC)CC3)cc2)CC1. The summed E-state index contributed by atoms with van der Waals surface area (Å²) in [6, 6.07) is 8.94. The van der Waals surface area contributed by atoms with E-state index < -0.39 is 0 Å². The van der Waals surface area contributed by atoms with E-state index in [0.717, 1.165) is 44.1 Å². The van der Waals surface area contributed by atoms with E-state index in [-0.39, 0.29) is 5.97 Å². The van der Waals surface area contributed by atoms with E-state index in [0.29, 0.717) is 25.0 Å². The number of hydrogen-bond acceptors (Lipinski definition) is 4. The number of piperidine rings is 1. The van der Waals surface area contributed by atoms with Crippen molar-refractivity contribution in [2.75, 3.05) is 26.2 Å². The molecule has 4 nitrogen and oxygen atoms in total. The predicted molar refractivity (Wildman–Crippen MR) is 122 cm³/mol. The molecule has 1 saturated heterocycles. The van der Waals surface area contributed by atoms with Crippen molar-refractivity contribution in [3.8, 4) is 5.75 Å². The number of carbonyl (C=O) groups is 1. The zero-order valence-electron chi connectivity index (χ0n) is 19.1. The zero-order valence-corrected chi connectivity index (χ0v) is 19.1. The molecule has 168 valence electrons. The van der Waals surface area contributed by atoms with Crippen molar-refractivity contribution in [2.24, 2.45) is 5.92 Å². The number of hydrogen-bond donors (Lipinski definition) is 0. The summed E-state index contributed by atoms with van der Waals surface area (Å²) in [7, 11) is 0. The van der Waals surface area contributed by atoms with E-state index in [2.05, 4.69) is 36.1 Å². The van der Waals surface area contributed by atoms with Crippen molar-refractivity contribution in [2.45, 2.75) is 90.1 Å². The molecule has 0 atom stereocenters. The van der Waals surface area contributed by atoms with Gasteiger partial charge in [-0.25, -0.2) is 0 Å². The number of likely N-dealkylation sites (tertiary alicyclic amines) is 1. The van der Waals surface area contributed by atoms with Gasteiger partial charge in [0.25, 0.3) is 0 Å². The van der Waals surface area contributed by atoms with Crippen molar-refractivity contribution < 1.29 is 14.3 Å². The quantitative estimate of drug-likeness (QED) is 0.350. The molecule has 0 bridgehead atoms. The molecule has 3 rings (SSSR count). The van der Waals surface area contributed by atoms with Gasteiger partial charge in [-0.15, -0.1) is 0 Å². The summed E-state index contributed by atoms with van der Waals surface area (Å²) in [4.78, 5) is 14.0. The van der Waals surface area contributed by atoms with Gasteiger partial charge < -0.3 is 14.4 Å². The highest BCUT2D eigenvalue weighted by Gasteiger charge is 2.22. The third-order valence-corrected chi connectivity index (χ3v) is 7.02. The Morgan fingerprint density at radius 1 is 0.967 bits per heavy atom. The Hall–Kier alpha value is -1.55. The second-order valence-corrected chi connectivity index (χ2v) is 9.12. The number of carbonyl (C=O) groups excluding carboxylic acids is 1. The Labute approximate surface area is 183 Å².